The molecule has 0 aromatic rings. The van der Waals surface area contributed by atoms with Gasteiger partial charge in [0.25, 0.3) is 0 Å². The molecule has 0 aromatic heterocycles. The molecule has 68 valence electrons. The monoisotopic (exact) mass is 174 g/mol. The van der Waals surface area contributed by atoms with Crippen molar-refractivity contribution in [2.75, 3.05) is 13.7 Å². The van der Waals surface area contributed by atoms with Gasteiger partial charge in [-0.1, -0.05) is 0 Å². The van der Waals surface area contributed by atoms with Crippen molar-refractivity contribution in [1.29, 1.82) is 0 Å². The van der Waals surface area contributed by atoms with E-state index in [1.807, 2.05) is 0 Å². The van der Waals surface area contributed by atoms with Crippen molar-refractivity contribution < 1.29 is 14.6 Å². The molecule has 1 aliphatic heterocycles. The van der Waals surface area contributed by atoms with Crippen LogP contribution in [0.2, 0.25) is 0 Å². The van der Waals surface area contributed by atoms with E-state index in [0.717, 1.165) is 5.01 Å². The highest BCUT2D eigenvalue weighted by molar-refractivity contribution is 5.76. The van der Waals surface area contributed by atoms with Gasteiger partial charge in [0.2, 0.25) is 0 Å². The van der Waals surface area contributed by atoms with Crippen LogP contribution in [0.25, 0.3) is 0 Å². The highest BCUT2D eigenvalue weighted by Gasteiger charge is 2.39. The van der Waals surface area contributed by atoms with Gasteiger partial charge in [0.15, 0.2) is 6.04 Å². The van der Waals surface area contributed by atoms with Crippen LogP contribution in [0.4, 0.5) is 0 Å². The van der Waals surface area contributed by atoms with Crippen molar-refractivity contribution in [3.05, 3.63) is 4.91 Å². The Morgan fingerprint density at radius 1 is 1.75 bits per heavy atom. The lowest BCUT2D eigenvalue weighted by Gasteiger charge is -2.17. The van der Waals surface area contributed by atoms with Crippen LogP contribution in [0.5, 0.6) is 0 Å². The summed E-state index contributed by atoms with van der Waals surface area (Å²) in [6.07, 6.45) is -0.485. The molecule has 0 spiro atoms. The molecule has 6 heteroatoms. The van der Waals surface area contributed by atoms with Crippen molar-refractivity contribution in [3.8, 4) is 0 Å². The number of esters is 1. The summed E-state index contributed by atoms with van der Waals surface area (Å²) in [5.41, 5.74) is 0. The highest BCUT2D eigenvalue weighted by atomic mass is 16.5. The molecule has 0 unspecified atom stereocenters. The first kappa shape index (κ1) is 8.92. The van der Waals surface area contributed by atoms with Crippen LogP contribution in [0.15, 0.2) is 5.29 Å². The van der Waals surface area contributed by atoms with E-state index in [1.54, 1.807) is 0 Å². The number of aliphatic hydroxyl groups is 1. The van der Waals surface area contributed by atoms with Gasteiger partial charge in [0.1, 0.15) is 0 Å². The predicted molar refractivity (Wildman–Crippen MR) is 38.9 cm³/mol. The van der Waals surface area contributed by atoms with E-state index >= 15 is 0 Å². The van der Waals surface area contributed by atoms with E-state index in [1.165, 1.54) is 7.11 Å². The smallest absolute Gasteiger partial charge is 0.333 e. The quantitative estimate of drug-likeness (QED) is 0.441. The molecule has 0 aromatic carbocycles. The Morgan fingerprint density at radius 2 is 2.42 bits per heavy atom. The van der Waals surface area contributed by atoms with Crippen molar-refractivity contribution >= 4 is 5.97 Å². The molecule has 0 saturated carbocycles. The summed E-state index contributed by atoms with van der Waals surface area (Å²) in [7, 11) is 1.20. The number of nitroso groups, excluding NO2 is 1. The predicted octanol–water partition coefficient (Wildman–Crippen LogP) is -0.724. The van der Waals surface area contributed by atoms with E-state index in [9.17, 15) is 14.8 Å². The first-order valence-corrected chi connectivity index (χ1v) is 3.56. The molecular formula is C6H10N2O4. The number of nitrogens with zero attached hydrogens (tertiary/aromatic N) is 2. The minimum atomic E-state index is -0.924. The summed E-state index contributed by atoms with van der Waals surface area (Å²) in [6.45, 7) is 0.296. The SMILES string of the molecule is COC(=O)[C@@H]1[C@@H](O)CCN1N=O. The molecule has 1 heterocycles. The third kappa shape index (κ3) is 1.38. The number of ether oxygens (including phenoxy) is 1. The lowest BCUT2D eigenvalue weighted by Crippen LogP contribution is -2.39. The van der Waals surface area contributed by atoms with Gasteiger partial charge in [-0.3, -0.25) is 0 Å². The Labute approximate surface area is 69.1 Å². The summed E-state index contributed by atoms with van der Waals surface area (Å²) >= 11 is 0. The molecule has 0 amide bonds. The maximum atomic E-state index is 11.0. The number of methoxy groups -OCH3 is 1. The molecule has 12 heavy (non-hydrogen) atoms. The Bertz CT molecular complexity index is 196. The minimum absolute atomic E-state index is 0.296. The van der Waals surface area contributed by atoms with Crippen molar-refractivity contribution in [3.63, 3.8) is 0 Å². The van der Waals surface area contributed by atoms with Crippen LogP contribution >= 0.6 is 0 Å². The van der Waals surface area contributed by atoms with Gasteiger partial charge in [-0.2, -0.15) is 0 Å². The molecule has 2 atom stereocenters. The van der Waals surface area contributed by atoms with Gasteiger partial charge in [-0.25, -0.2) is 9.80 Å². The third-order valence-corrected chi connectivity index (χ3v) is 1.89. The zero-order valence-electron chi connectivity index (χ0n) is 6.64. The van der Waals surface area contributed by atoms with E-state index in [4.69, 9.17) is 0 Å². The van der Waals surface area contributed by atoms with Crippen LogP contribution in [-0.2, 0) is 9.53 Å². The molecule has 0 bridgehead atoms. The topological polar surface area (TPSA) is 79.2 Å². The zero-order chi connectivity index (χ0) is 9.14. The number of hydrogen-bond acceptors (Lipinski definition) is 5. The van der Waals surface area contributed by atoms with E-state index in [2.05, 4.69) is 10.0 Å². The number of carbonyl (C=O) groups excluding carboxylic acids is 1. The molecule has 0 radical (unpaired) electrons. The summed E-state index contributed by atoms with van der Waals surface area (Å²) in [5, 5.41) is 12.9. The van der Waals surface area contributed by atoms with Crippen molar-refractivity contribution in [2.45, 2.75) is 18.6 Å². The molecule has 1 aliphatic rings. The first-order chi connectivity index (χ1) is 5.70. The van der Waals surface area contributed by atoms with Gasteiger partial charge in [0, 0.05) is 6.54 Å². The maximum absolute atomic E-state index is 11.0. The van der Waals surface area contributed by atoms with Crippen LogP contribution in [-0.4, -0.2) is 41.9 Å². The van der Waals surface area contributed by atoms with Crippen LogP contribution in [0.3, 0.4) is 0 Å². The van der Waals surface area contributed by atoms with Gasteiger partial charge in [0.05, 0.1) is 18.5 Å². The Hall–Kier alpha value is -1.17. The second-order valence-corrected chi connectivity index (χ2v) is 2.57. The lowest BCUT2D eigenvalue weighted by molar-refractivity contribution is -0.148. The summed E-state index contributed by atoms with van der Waals surface area (Å²) in [4.78, 5) is 21.1. The normalized spacial score (nSPS) is 28.7. The number of hydrogen-bond donors (Lipinski definition) is 1. The standard InChI is InChI=1S/C6H10N2O4/c1-12-6(10)5-4(9)2-3-8(5)7-11/h4-5,9H,2-3H2,1H3/t4-,5-/m0/s1. The van der Waals surface area contributed by atoms with Crippen molar-refractivity contribution in [1.82, 2.24) is 5.01 Å². The van der Waals surface area contributed by atoms with Crippen LogP contribution in [0, 0.1) is 4.91 Å². The molecular weight excluding hydrogens is 164 g/mol. The second kappa shape index (κ2) is 3.48. The number of rotatable bonds is 2. The highest BCUT2D eigenvalue weighted by Crippen LogP contribution is 2.18. The van der Waals surface area contributed by atoms with Gasteiger partial charge in [-0.15, -0.1) is 4.91 Å². The Morgan fingerprint density at radius 3 is 2.92 bits per heavy atom. The van der Waals surface area contributed by atoms with E-state index in [-0.39, 0.29) is 0 Å². The summed E-state index contributed by atoms with van der Waals surface area (Å²) < 4.78 is 4.40. The van der Waals surface area contributed by atoms with Crippen LogP contribution < -0.4 is 0 Å². The average Bonchev–Trinajstić information content (AvgIpc) is 2.45. The van der Waals surface area contributed by atoms with Crippen LogP contribution in [0.1, 0.15) is 6.42 Å². The summed E-state index contributed by atoms with van der Waals surface area (Å²) in [6, 6.07) is -0.924. The summed E-state index contributed by atoms with van der Waals surface area (Å²) in [5.74, 6) is -0.625. The molecule has 1 saturated heterocycles. The zero-order valence-corrected chi connectivity index (χ0v) is 6.64. The lowest BCUT2D eigenvalue weighted by atomic mass is 10.2. The molecule has 0 aliphatic carbocycles. The number of carbonyl (C=O) groups is 1. The molecule has 1 fully saturated rings. The second-order valence-electron chi connectivity index (χ2n) is 2.57. The molecule has 6 nitrogen and oxygen atoms in total. The van der Waals surface area contributed by atoms with Gasteiger partial charge in [-0.05, 0) is 6.42 Å². The Balaban J connectivity index is 2.69. The van der Waals surface area contributed by atoms with Gasteiger partial charge >= 0.3 is 5.97 Å². The largest absolute Gasteiger partial charge is 0.467 e. The fourth-order valence-electron chi connectivity index (χ4n) is 1.25. The third-order valence-electron chi connectivity index (χ3n) is 1.89. The maximum Gasteiger partial charge on any atom is 0.333 e. The number of aliphatic hydroxyl groups excluding tert-OH is 1. The first-order valence-electron chi connectivity index (χ1n) is 3.56. The van der Waals surface area contributed by atoms with E-state index < -0.39 is 18.1 Å². The average molecular weight is 174 g/mol. The molecule has 1 N–H and O–H groups in total. The minimum Gasteiger partial charge on any atom is -0.467 e. The molecule has 1 rings (SSSR count). The fraction of sp³-hybridized carbons (Fsp3) is 0.833. The van der Waals surface area contributed by atoms with Crippen molar-refractivity contribution in [2.24, 2.45) is 5.29 Å². The Kier molecular flexibility index (Phi) is 2.59. The van der Waals surface area contributed by atoms with Gasteiger partial charge < -0.3 is 9.84 Å². The fourth-order valence-corrected chi connectivity index (χ4v) is 1.25. The van der Waals surface area contributed by atoms with E-state index in [0.29, 0.717) is 13.0 Å².